The largest absolute Gasteiger partial charge is 0.450 e. The van der Waals surface area contributed by atoms with Crippen molar-refractivity contribution in [3.63, 3.8) is 0 Å². The van der Waals surface area contributed by atoms with Gasteiger partial charge >= 0.3 is 6.09 Å². The number of hydrogen-bond donors (Lipinski definition) is 0. The van der Waals surface area contributed by atoms with Crippen molar-refractivity contribution in [3.8, 4) is 0 Å². The van der Waals surface area contributed by atoms with E-state index in [2.05, 4.69) is 20.5 Å². The maximum atomic E-state index is 14.8. The zero-order valence-electron chi connectivity index (χ0n) is 15.1. The lowest BCUT2D eigenvalue weighted by molar-refractivity contribution is 0.105. The molecule has 1 amide bonds. The Morgan fingerprint density at radius 3 is 2.59 bits per heavy atom. The summed E-state index contributed by atoms with van der Waals surface area (Å²) in [4.78, 5) is 28.2. The Kier molecular flexibility index (Phi) is 4.84. The number of halogens is 2. The summed E-state index contributed by atoms with van der Waals surface area (Å²) < 4.78 is 22.4. The molecule has 0 atom stereocenters. The average molecular weight is 438 g/mol. The minimum atomic E-state index is -0.412. The van der Waals surface area contributed by atoms with Crippen LogP contribution in [0.1, 0.15) is 25.8 Å². The number of nitrogens with zero attached hydrogens (tertiary/aromatic N) is 3. The number of ether oxygens (including phenoxy) is 1. The van der Waals surface area contributed by atoms with Crippen LogP contribution < -0.4 is 10.3 Å². The number of carbonyl (C=O) groups is 1. The monoisotopic (exact) mass is 437 g/mol. The number of amides is 1. The molecule has 144 valence electrons. The topological polar surface area (TPSA) is 54.8 Å². The van der Waals surface area contributed by atoms with E-state index in [1.54, 1.807) is 17.9 Å². The third-order valence-corrected chi connectivity index (χ3v) is 5.71. The van der Waals surface area contributed by atoms with Gasteiger partial charge in [0.05, 0.1) is 27.7 Å². The lowest BCUT2D eigenvalue weighted by Crippen LogP contribution is -2.49. The third-order valence-electron chi connectivity index (χ3n) is 5.14. The normalized spacial score (nSPS) is 17.4. The van der Waals surface area contributed by atoms with E-state index in [0.717, 1.165) is 18.4 Å². The van der Waals surface area contributed by atoms with Crippen LogP contribution in [0.25, 0.3) is 10.9 Å². The van der Waals surface area contributed by atoms with Crippen LogP contribution >= 0.6 is 15.9 Å². The Balaban J connectivity index is 1.73. The van der Waals surface area contributed by atoms with Gasteiger partial charge in [0.1, 0.15) is 5.82 Å². The smallest absolute Gasteiger partial charge is 0.409 e. The van der Waals surface area contributed by atoms with Crippen molar-refractivity contribution in [2.24, 2.45) is 0 Å². The maximum Gasteiger partial charge on any atom is 0.409 e. The molecule has 8 heteroatoms. The molecule has 1 aromatic carbocycles. The van der Waals surface area contributed by atoms with E-state index >= 15 is 0 Å². The fourth-order valence-corrected chi connectivity index (χ4v) is 4.07. The van der Waals surface area contributed by atoms with Gasteiger partial charge in [-0.05, 0) is 47.8 Å². The second kappa shape index (κ2) is 7.14. The summed E-state index contributed by atoms with van der Waals surface area (Å²) >= 11 is 3.35. The van der Waals surface area contributed by atoms with E-state index in [9.17, 15) is 14.0 Å². The first-order valence-corrected chi connectivity index (χ1v) is 10.00. The fraction of sp³-hybridized carbons (Fsp3) is 0.474. The van der Waals surface area contributed by atoms with Crippen molar-refractivity contribution in [2.45, 2.75) is 25.8 Å². The number of rotatable bonds is 3. The quantitative estimate of drug-likeness (QED) is 0.736. The van der Waals surface area contributed by atoms with E-state index in [-0.39, 0.29) is 11.5 Å². The van der Waals surface area contributed by atoms with Crippen molar-refractivity contribution >= 4 is 38.6 Å². The van der Waals surface area contributed by atoms with Gasteiger partial charge in [-0.25, -0.2) is 9.18 Å². The number of hydrogen-bond acceptors (Lipinski definition) is 4. The Morgan fingerprint density at radius 2 is 1.96 bits per heavy atom. The van der Waals surface area contributed by atoms with Crippen LogP contribution in [-0.2, 0) is 4.74 Å². The van der Waals surface area contributed by atoms with Crippen LogP contribution in [0.4, 0.5) is 14.9 Å². The lowest BCUT2D eigenvalue weighted by atomic mass is 10.1. The molecule has 0 spiro atoms. The van der Waals surface area contributed by atoms with Crippen molar-refractivity contribution in [1.82, 2.24) is 9.47 Å². The summed E-state index contributed by atoms with van der Waals surface area (Å²) in [7, 11) is 0. The maximum absolute atomic E-state index is 14.8. The number of pyridine rings is 1. The molecule has 0 unspecified atom stereocenters. The van der Waals surface area contributed by atoms with E-state index in [0.29, 0.717) is 54.4 Å². The highest BCUT2D eigenvalue weighted by atomic mass is 79.9. The lowest BCUT2D eigenvalue weighted by Gasteiger charge is -2.36. The Bertz CT molecular complexity index is 949. The number of aromatic nitrogens is 1. The van der Waals surface area contributed by atoms with E-state index in [1.807, 2.05) is 11.1 Å². The van der Waals surface area contributed by atoms with Crippen LogP contribution in [0.3, 0.4) is 0 Å². The first-order valence-electron chi connectivity index (χ1n) is 9.20. The average Bonchev–Trinajstić information content (AvgIpc) is 3.50. The molecule has 2 heterocycles. The van der Waals surface area contributed by atoms with Gasteiger partial charge in [-0.2, -0.15) is 0 Å². The SMILES string of the molecule is CCOC(=O)N1CCN(c2c(F)ccc3c2c(=O)c(Br)cn3C2CC2)CC1. The molecule has 1 aliphatic heterocycles. The number of benzene rings is 1. The van der Waals surface area contributed by atoms with Gasteiger partial charge in [-0.3, -0.25) is 4.79 Å². The zero-order valence-corrected chi connectivity index (χ0v) is 16.7. The molecule has 1 saturated carbocycles. The molecule has 27 heavy (non-hydrogen) atoms. The minimum absolute atomic E-state index is 0.204. The van der Waals surface area contributed by atoms with Crippen molar-refractivity contribution in [3.05, 3.63) is 38.8 Å². The predicted molar refractivity (Wildman–Crippen MR) is 105 cm³/mol. The van der Waals surface area contributed by atoms with Crippen molar-refractivity contribution in [2.75, 3.05) is 37.7 Å². The predicted octanol–water partition coefficient (Wildman–Crippen LogP) is 3.52. The van der Waals surface area contributed by atoms with Gasteiger partial charge in [0, 0.05) is 38.4 Å². The van der Waals surface area contributed by atoms with Gasteiger partial charge in [-0.1, -0.05) is 0 Å². The number of carbonyl (C=O) groups excluding carboxylic acids is 1. The third kappa shape index (κ3) is 3.31. The van der Waals surface area contributed by atoms with Crippen molar-refractivity contribution in [1.29, 1.82) is 0 Å². The summed E-state index contributed by atoms with van der Waals surface area (Å²) in [6.45, 7) is 3.85. The highest BCUT2D eigenvalue weighted by Crippen LogP contribution is 2.39. The molecule has 6 nitrogen and oxygen atoms in total. The molecule has 1 aliphatic carbocycles. The first kappa shape index (κ1) is 18.3. The van der Waals surface area contributed by atoms with Crippen molar-refractivity contribution < 1.29 is 13.9 Å². The molecule has 1 aromatic heterocycles. The molecule has 1 saturated heterocycles. The fourth-order valence-electron chi connectivity index (χ4n) is 3.66. The minimum Gasteiger partial charge on any atom is -0.450 e. The molecule has 4 rings (SSSR count). The molecular weight excluding hydrogens is 417 g/mol. The summed E-state index contributed by atoms with van der Waals surface area (Å²) in [5, 5.41) is 0.404. The molecule has 0 N–H and O–H groups in total. The van der Waals surface area contributed by atoms with Crippen LogP contribution in [0.5, 0.6) is 0 Å². The standard InChI is InChI=1S/C19H21BrFN3O3/c1-2-27-19(26)23-9-7-22(8-10-23)17-14(21)5-6-15-16(17)18(25)13(20)11-24(15)12-3-4-12/h5-6,11-12H,2-4,7-10H2,1H3. The first-order chi connectivity index (χ1) is 13.0. The Labute approximate surface area is 164 Å². The van der Waals surface area contributed by atoms with E-state index in [4.69, 9.17) is 4.74 Å². The molecular formula is C19H21BrFN3O3. The van der Waals surface area contributed by atoms with Crippen LogP contribution in [0, 0.1) is 5.82 Å². The molecule has 2 aliphatic rings. The summed E-state index contributed by atoms with van der Waals surface area (Å²) in [6.07, 6.45) is 3.59. The zero-order chi connectivity index (χ0) is 19.1. The van der Waals surface area contributed by atoms with Crippen LogP contribution in [0.15, 0.2) is 27.6 Å². The number of piperazine rings is 1. The Hall–Kier alpha value is -2.09. The second-order valence-electron chi connectivity index (χ2n) is 6.91. The summed E-state index contributed by atoms with van der Waals surface area (Å²) in [5.41, 5.74) is 0.885. The van der Waals surface area contributed by atoms with Gasteiger partial charge in [-0.15, -0.1) is 0 Å². The van der Waals surface area contributed by atoms with E-state index in [1.165, 1.54) is 6.07 Å². The van der Waals surface area contributed by atoms with Crippen LogP contribution in [-0.4, -0.2) is 48.3 Å². The summed E-state index contributed by atoms with van der Waals surface area (Å²) in [5.74, 6) is -0.412. The molecule has 0 bridgehead atoms. The molecule has 2 aromatic rings. The van der Waals surface area contributed by atoms with Gasteiger partial charge in [0.2, 0.25) is 5.43 Å². The van der Waals surface area contributed by atoms with Gasteiger partial charge < -0.3 is 19.1 Å². The van der Waals surface area contributed by atoms with E-state index < -0.39 is 5.82 Å². The highest BCUT2D eigenvalue weighted by Gasteiger charge is 2.29. The van der Waals surface area contributed by atoms with Gasteiger partial charge in [0.25, 0.3) is 0 Å². The van der Waals surface area contributed by atoms with Crippen LogP contribution in [0.2, 0.25) is 0 Å². The highest BCUT2D eigenvalue weighted by molar-refractivity contribution is 9.10. The molecule has 2 fully saturated rings. The number of fused-ring (bicyclic) bond motifs is 1. The second-order valence-corrected chi connectivity index (χ2v) is 7.76. The molecule has 0 radical (unpaired) electrons. The number of anilines is 1. The van der Waals surface area contributed by atoms with Gasteiger partial charge in [0.15, 0.2) is 0 Å². The summed E-state index contributed by atoms with van der Waals surface area (Å²) in [6, 6.07) is 3.49. The Morgan fingerprint density at radius 1 is 1.26 bits per heavy atom.